The summed E-state index contributed by atoms with van der Waals surface area (Å²) in [6.45, 7) is 1.72. The first-order valence-corrected chi connectivity index (χ1v) is 12.7. The molecule has 8 nitrogen and oxygen atoms in total. The lowest BCUT2D eigenvalue weighted by Gasteiger charge is -2.24. The standard InChI is InChI=1S/C25H23BrFN3O5S/c1-14-2-8-19(18(27)12-14)28-23(32)20(13-17-7-9-21(26)36-17)30-24(33)22(29-25(30)34)15-3-5-16(6-4-15)35-11-10-31/h2-9,12,20,22,31H,10-11,13H2,1H3,(H,28,32)(H,29,34)/t20?,22-/m1/s1. The monoisotopic (exact) mass is 575 g/mol. The van der Waals surface area contributed by atoms with Crippen molar-refractivity contribution in [1.82, 2.24) is 10.2 Å². The second kappa shape index (κ2) is 11.2. The van der Waals surface area contributed by atoms with Crippen molar-refractivity contribution in [2.75, 3.05) is 18.5 Å². The van der Waals surface area contributed by atoms with Crippen molar-refractivity contribution in [1.29, 1.82) is 0 Å². The largest absolute Gasteiger partial charge is 0.491 e. The minimum Gasteiger partial charge on any atom is -0.491 e. The summed E-state index contributed by atoms with van der Waals surface area (Å²) in [6.07, 6.45) is 0.0649. The van der Waals surface area contributed by atoms with Gasteiger partial charge in [0.2, 0.25) is 5.91 Å². The summed E-state index contributed by atoms with van der Waals surface area (Å²) in [5, 5.41) is 14.1. The first kappa shape index (κ1) is 25.8. The Morgan fingerprint density at radius 1 is 1.22 bits per heavy atom. The van der Waals surface area contributed by atoms with E-state index in [0.29, 0.717) is 16.9 Å². The van der Waals surface area contributed by atoms with E-state index in [9.17, 15) is 18.8 Å². The predicted octanol–water partition coefficient (Wildman–Crippen LogP) is 4.17. The fourth-order valence-electron chi connectivity index (χ4n) is 3.83. The van der Waals surface area contributed by atoms with Crippen LogP contribution in [0.1, 0.15) is 22.0 Å². The zero-order chi connectivity index (χ0) is 25.8. The average molecular weight is 576 g/mol. The average Bonchev–Trinajstić information content (AvgIpc) is 3.39. The molecule has 1 aliphatic rings. The molecule has 11 heteroatoms. The van der Waals surface area contributed by atoms with Crippen LogP contribution in [0.2, 0.25) is 0 Å². The molecule has 1 saturated heterocycles. The summed E-state index contributed by atoms with van der Waals surface area (Å²) >= 11 is 4.76. The molecule has 188 valence electrons. The van der Waals surface area contributed by atoms with Gasteiger partial charge in [-0.1, -0.05) is 18.2 Å². The number of hydrogen-bond acceptors (Lipinski definition) is 6. The van der Waals surface area contributed by atoms with Crippen LogP contribution in [0.5, 0.6) is 5.75 Å². The highest BCUT2D eigenvalue weighted by Crippen LogP contribution is 2.29. The maximum atomic E-state index is 14.4. The Kier molecular flexibility index (Phi) is 8.02. The van der Waals surface area contributed by atoms with E-state index in [4.69, 9.17) is 9.84 Å². The number of thiophene rings is 1. The number of nitrogens with one attached hydrogen (secondary N) is 2. The number of aliphatic hydroxyl groups excluding tert-OH is 1. The van der Waals surface area contributed by atoms with Crippen LogP contribution in [-0.4, -0.2) is 47.1 Å². The van der Waals surface area contributed by atoms with Gasteiger partial charge in [-0.15, -0.1) is 11.3 Å². The number of imide groups is 1. The Morgan fingerprint density at radius 3 is 2.61 bits per heavy atom. The Labute approximate surface area is 219 Å². The Hall–Kier alpha value is -3.28. The summed E-state index contributed by atoms with van der Waals surface area (Å²) in [5.41, 5.74) is 1.16. The molecular formula is C25H23BrFN3O5S. The summed E-state index contributed by atoms with van der Waals surface area (Å²) in [6, 6.07) is 11.6. The summed E-state index contributed by atoms with van der Waals surface area (Å²) in [7, 11) is 0. The topological polar surface area (TPSA) is 108 Å². The molecule has 1 aliphatic heterocycles. The van der Waals surface area contributed by atoms with Crippen molar-refractivity contribution in [3.8, 4) is 5.75 Å². The highest BCUT2D eigenvalue weighted by molar-refractivity contribution is 9.11. The van der Waals surface area contributed by atoms with Gasteiger partial charge in [0.15, 0.2) is 0 Å². The SMILES string of the molecule is Cc1ccc(NC(=O)C(Cc2ccc(Br)s2)N2C(=O)N[C@H](c3ccc(OCCO)cc3)C2=O)c(F)c1. The van der Waals surface area contributed by atoms with Crippen molar-refractivity contribution >= 4 is 50.8 Å². The second-order valence-corrected chi connectivity index (χ2v) is 10.7. The number of rotatable bonds is 9. The number of nitrogens with zero attached hydrogens (tertiary/aromatic N) is 1. The number of carbonyl (C=O) groups excluding carboxylic acids is 3. The molecule has 1 aromatic heterocycles. The number of aryl methyl sites for hydroxylation is 1. The Balaban J connectivity index is 1.59. The fourth-order valence-corrected chi connectivity index (χ4v) is 5.35. The molecule has 1 fully saturated rings. The molecule has 3 N–H and O–H groups in total. The quantitative estimate of drug-likeness (QED) is 0.332. The first-order valence-electron chi connectivity index (χ1n) is 11.0. The molecule has 1 unspecified atom stereocenters. The zero-order valence-corrected chi connectivity index (χ0v) is 21.6. The molecule has 36 heavy (non-hydrogen) atoms. The Morgan fingerprint density at radius 2 is 1.97 bits per heavy atom. The Bertz CT molecular complexity index is 1280. The number of amides is 4. The third-order valence-electron chi connectivity index (χ3n) is 5.56. The van der Waals surface area contributed by atoms with Crippen LogP contribution in [0.3, 0.4) is 0 Å². The normalized spacial score (nSPS) is 16.1. The van der Waals surface area contributed by atoms with Crippen molar-refractivity contribution in [3.63, 3.8) is 0 Å². The molecule has 0 saturated carbocycles. The molecule has 0 aliphatic carbocycles. The number of urea groups is 1. The van der Waals surface area contributed by atoms with Crippen LogP contribution in [0.4, 0.5) is 14.9 Å². The van der Waals surface area contributed by atoms with E-state index >= 15 is 0 Å². The van der Waals surface area contributed by atoms with E-state index in [2.05, 4.69) is 26.6 Å². The molecule has 2 aromatic carbocycles. The highest BCUT2D eigenvalue weighted by atomic mass is 79.9. The van der Waals surface area contributed by atoms with Crippen molar-refractivity contribution in [2.45, 2.75) is 25.4 Å². The van der Waals surface area contributed by atoms with Crippen molar-refractivity contribution in [2.24, 2.45) is 0 Å². The van der Waals surface area contributed by atoms with Gasteiger partial charge in [0.1, 0.15) is 30.3 Å². The maximum Gasteiger partial charge on any atom is 0.325 e. The number of ether oxygens (including phenoxy) is 1. The number of anilines is 1. The molecule has 3 aromatic rings. The molecule has 4 rings (SSSR count). The summed E-state index contributed by atoms with van der Waals surface area (Å²) in [5.74, 6) is -1.38. The number of hydrogen-bond donors (Lipinski definition) is 3. The van der Waals surface area contributed by atoms with Gasteiger partial charge in [0, 0.05) is 11.3 Å². The van der Waals surface area contributed by atoms with E-state index < -0.39 is 35.7 Å². The highest BCUT2D eigenvalue weighted by Gasteiger charge is 2.45. The van der Waals surface area contributed by atoms with E-state index in [1.54, 1.807) is 43.3 Å². The molecule has 2 atom stereocenters. The molecule has 0 spiro atoms. The molecule has 0 bridgehead atoms. The predicted molar refractivity (Wildman–Crippen MR) is 136 cm³/mol. The minimum atomic E-state index is -1.21. The first-order chi connectivity index (χ1) is 17.3. The number of halogens is 2. The van der Waals surface area contributed by atoms with Crippen LogP contribution >= 0.6 is 27.3 Å². The second-order valence-electron chi connectivity index (χ2n) is 8.13. The van der Waals surface area contributed by atoms with Crippen LogP contribution in [0.25, 0.3) is 0 Å². The van der Waals surface area contributed by atoms with E-state index in [-0.39, 0.29) is 25.3 Å². The van der Waals surface area contributed by atoms with Gasteiger partial charge < -0.3 is 20.5 Å². The van der Waals surface area contributed by atoms with Gasteiger partial charge in [-0.2, -0.15) is 0 Å². The van der Waals surface area contributed by atoms with Gasteiger partial charge in [-0.3, -0.25) is 9.59 Å². The van der Waals surface area contributed by atoms with Gasteiger partial charge in [0.25, 0.3) is 5.91 Å². The third kappa shape index (κ3) is 5.75. The molecule has 0 radical (unpaired) electrons. The maximum absolute atomic E-state index is 14.4. The molecular weight excluding hydrogens is 553 g/mol. The van der Waals surface area contributed by atoms with Gasteiger partial charge in [-0.05, 0) is 70.4 Å². The van der Waals surface area contributed by atoms with E-state index in [1.807, 2.05) is 6.07 Å². The van der Waals surface area contributed by atoms with Crippen LogP contribution < -0.4 is 15.4 Å². The van der Waals surface area contributed by atoms with Crippen LogP contribution in [0, 0.1) is 12.7 Å². The summed E-state index contributed by atoms with van der Waals surface area (Å²) in [4.78, 5) is 41.4. The van der Waals surface area contributed by atoms with Gasteiger partial charge in [-0.25, -0.2) is 14.1 Å². The zero-order valence-electron chi connectivity index (χ0n) is 19.2. The lowest BCUT2D eigenvalue weighted by atomic mass is 10.1. The minimum absolute atomic E-state index is 0.0370. The van der Waals surface area contributed by atoms with Gasteiger partial charge >= 0.3 is 6.03 Å². The number of benzene rings is 2. The lowest BCUT2D eigenvalue weighted by molar-refractivity contribution is -0.134. The van der Waals surface area contributed by atoms with E-state index in [1.165, 1.54) is 23.5 Å². The van der Waals surface area contributed by atoms with Crippen molar-refractivity contribution in [3.05, 3.63) is 80.2 Å². The third-order valence-corrected chi connectivity index (χ3v) is 7.21. The number of carbonyl (C=O) groups is 3. The van der Waals surface area contributed by atoms with Gasteiger partial charge in [0.05, 0.1) is 16.1 Å². The van der Waals surface area contributed by atoms with Crippen LogP contribution in [-0.2, 0) is 16.0 Å². The fraction of sp³-hybridized carbons (Fsp3) is 0.240. The number of aliphatic hydroxyl groups is 1. The smallest absolute Gasteiger partial charge is 0.325 e. The van der Waals surface area contributed by atoms with Crippen molar-refractivity contribution < 1.29 is 28.6 Å². The molecule has 4 amide bonds. The summed E-state index contributed by atoms with van der Waals surface area (Å²) < 4.78 is 20.6. The van der Waals surface area contributed by atoms with E-state index in [0.717, 1.165) is 13.6 Å². The lowest BCUT2D eigenvalue weighted by Crippen LogP contribution is -2.49. The van der Waals surface area contributed by atoms with Crippen LogP contribution in [0.15, 0.2) is 58.4 Å². The molecule has 2 heterocycles.